The number of hydrogen-bond acceptors (Lipinski definition) is 8. The molecule has 2 rings (SSSR count). The summed E-state index contributed by atoms with van der Waals surface area (Å²) < 4.78 is 0. The molecule has 8 N–H and O–H groups in total. The molecule has 0 heterocycles. The summed E-state index contributed by atoms with van der Waals surface area (Å²) in [5.41, 5.74) is -2.49. The maximum atomic E-state index is 10.6. The highest BCUT2D eigenvalue weighted by Gasteiger charge is 2.19. The highest BCUT2D eigenvalue weighted by molar-refractivity contribution is 6.04. The van der Waals surface area contributed by atoms with Gasteiger partial charge in [0.2, 0.25) is 0 Å². The maximum Gasteiger partial charge on any atom is 0.336 e. The zero-order chi connectivity index (χ0) is 28.7. The van der Waals surface area contributed by atoms with Gasteiger partial charge in [-0.2, -0.15) is 0 Å². The smallest absolute Gasteiger partial charge is 0.336 e. The lowest BCUT2D eigenvalue weighted by atomic mass is 10.0. The van der Waals surface area contributed by atoms with E-state index in [0.717, 1.165) is 55.7 Å². The van der Waals surface area contributed by atoms with Crippen LogP contribution in [0.15, 0.2) is 36.4 Å². The molecule has 0 atom stereocenters. The van der Waals surface area contributed by atoms with Crippen LogP contribution in [0.3, 0.4) is 0 Å². The zero-order valence-corrected chi connectivity index (χ0v) is 19.0. The van der Waals surface area contributed by atoms with Crippen molar-refractivity contribution in [1.29, 1.82) is 0 Å². The van der Waals surface area contributed by atoms with Crippen LogP contribution < -0.4 is 0 Å². The van der Waals surface area contributed by atoms with Crippen LogP contribution >= 0.6 is 0 Å². The standard InChI is InChI=1S/2C9H6O6.C5H12O2/c2*10-7(11)4-1-2-5(8(12)13)6(3-4)9(14)15;6-4-2-1-3-5-7/h2*1-3H,(H,10,11)(H,12,13)(H,14,15);6-7H,1-5H2. The largest absolute Gasteiger partial charge is 0.478 e. The van der Waals surface area contributed by atoms with Crippen molar-refractivity contribution in [3.63, 3.8) is 0 Å². The summed E-state index contributed by atoms with van der Waals surface area (Å²) in [6.45, 7) is 0.500. The predicted octanol–water partition coefficient (Wildman–Crippen LogP) is 1.70. The van der Waals surface area contributed by atoms with Crippen LogP contribution in [0.1, 0.15) is 81.4 Å². The minimum atomic E-state index is -1.48. The van der Waals surface area contributed by atoms with Gasteiger partial charge in [0, 0.05) is 13.2 Å². The molecular formula is C23H24O14. The molecular weight excluding hydrogens is 500 g/mol. The molecule has 0 saturated carbocycles. The molecule has 0 radical (unpaired) electrons. The molecule has 0 bridgehead atoms. The van der Waals surface area contributed by atoms with Crippen molar-refractivity contribution in [2.45, 2.75) is 19.3 Å². The molecule has 0 fully saturated rings. The number of aliphatic hydroxyl groups is 2. The summed E-state index contributed by atoms with van der Waals surface area (Å²) in [6.07, 6.45) is 2.58. The summed E-state index contributed by atoms with van der Waals surface area (Å²) in [5, 5.41) is 68.2. The van der Waals surface area contributed by atoms with Crippen molar-refractivity contribution in [3.05, 3.63) is 69.8 Å². The Morgan fingerprint density at radius 3 is 0.946 bits per heavy atom. The minimum Gasteiger partial charge on any atom is -0.478 e. The number of aliphatic hydroxyl groups excluding tert-OH is 2. The van der Waals surface area contributed by atoms with Crippen molar-refractivity contribution in [3.8, 4) is 0 Å². The molecule has 37 heavy (non-hydrogen) atoms. The first-order valence-corrected chi connectivity index (χ1v) is 10.2. The fourth-order valence-electron chi connectivity index (χ4n) is 2.48. The van der Waals surface area contributed by atoms with Gasteiger partial charge in [0.25, 0.3) is 0 Å². The van der Waals surface area contributed by atoms with Gasteiger partial charge in [0.05, 0.1) is 33.4 Å². The molecule has 0 aliphatic carbocycles. The molecule has 0 saturated heterocycles. The molecule has 0 aliphatic rings. The number of unbranched alkanes of at least 4 members (excludes halogenated alkanes) is 2. The zero-order valence-electron chi connectivity index (χ0n) is 19.0. The van der Waals surface area contributed by atoms with E-state index in [1.165, 1.54) is 0 Å². The maximum absolute atomic E-state index is 10.6. The second-order valence-electron chi connectivity index (χ2n) is 6.86. The molecule has 0 amide bonds. The predicted molar refractivity (Wildman–Crippen MR) is 123 cm³/mol. The number of hydrogen-bond donors (Lipinski definition) is 8. The van der Waals surface area contributed by atoms with Gasteiger partial charge in [0.1, 0.15) is 0 Å². The Balaban J connectivity index is 0.000000563. The summed E-state index contributed by atoms with van der Waals surface area (Å²) in [5.74, 6) is -8.40. The fraction of sp³-hybridized carbons (Fsp3) is 0.217. The SMILES string of the molecule is O=C(O)c1ccc(C(=O)O)c(C(=O)O)c1.O=C(O)c1ccc(C(=O)O)c(C(=O)O)c1.OCCCCCO. The third kappa shape index (κ3) is 11.0. The van der Waals surface area contributed by atoms with Crippen LogP contribution in [0.4, 0.5) is 0 Å². The van der Waals surface area contributed by atoms with Crippen molar-refractivity contribution in [1.82, 2.24) is 0 Å². The summed E-state index contributed by atoms with van der Waals surface area (Å²) in [7, 11) is 0. The van der Waals surface area contributed by atoms with Gasteiger partial charge in [-0.05, 0) is 55.7 Å². The van der Waals surface area contributed by atoms with Crippen molar-refractivity contribution < 1.29 is 69.6 Å². The fourth-order valence-corrected chi connectivity index (χ4v) is 2.48. The van der Waals surface area contributed by atoms with E-state index in [2.05, 4.69) is 0 Å². The van der Waals surface area contributed by atoms with Crippen LogP contribution in [0, 0.1) is 0 Å². The van der Waals surface area contributed by atoms with E-state index >= 15 is 0 Å². The van der Waals surface area contributed by atoms with E-state index in [9.17, 15) is 28.8 Å². The molecule has 0 spiro atoms. The minimum absolute atomic E-state index is 0.250. The number of carboxylic acids is 6. The highest BCUT2D eigenvalue weighted by Crippen LogP contribution is 2.13. The van der Waals surface area contributed by atoms with Crippen molar-refractivity contribution in [2.24, 2.45) is 0 Å². The van der Waals surface area contributed by atoms with Gasteiger partial charge in [-0.1, -0.05) is 0 Å². The van der Waals surface area contributed by atoms with Gasteiger partial charge in [0.15, 0.2) is 0 Å². The van der Waals surface area contributed by atoms with Gasteiger partial charge in [-0.25, -0.2) is 28.8 Å². The quantitative estimate of drug-likeness (QED) is 0.206. The Morgan fingerprint density at radius 2 is 0.730 bits per heavy atom. The van der Waals surface area contributed by atoms with E-state index in [-0.39, 0.29) is 24.3 Å². The Hall–Kier alpha value is -4.82. The van der Waals surface area contributed by atoms with Crippen LogP contribution in [0.5, 0.6) is 0 Å². The number of aromatic carboxylic acids is 6. The van der Waals surface area contributed by atoms with Gasteiger partial charge in [-0.3, -0.25) is 0 Å². The number of carboxylic acid groups (broad SMARTS) is 6. The Kier molecular flexibility index (Phi) is 13.9. The first-order valence-electron chi connectivity index (χ1n) is 10.2. The number of rotatable bonds is 10. The third-order valence-corrected chi connectivity index (χ3v) is 4.27. The Labute approximate surface area is 208 Å². The van der Waals surface area contributed by atoms with Crippen molar-refractivity contribution >= 4 is 35.8 Å². The van der Waals surface area contributed by atoms with Gasteiger partial charge in [-0.15, -0.1) is 0 Å². The van der Waals surface area contributed by atoms with E-state index in [0.29, 0.717) is 0 Å². The van der Waals surface area contributed by atoms with Crippen LogP contribution in [-0.2, 0) is 0 Å². The second kappa shape index (κ2) is 16.0. The van der Waals surface area contributed by atoms with Crippen LogP contribution in [0.25, 0.3) is 0 Å². The monoisotopic (exact) mass is 524 g/mol. The molecule has 0 aliphatic heterocycles. The highest BCUT2D eigenvalue weighted by atomic mass is 16.4. The number of carbonyl (C=O) groups is 6. The molecule has 2 aromatic rings. The van der Waals surface area contributed by atoms with E-state index in [4.69, 9.17) is 40.9 Å². The number of benzene rings is 2. The average molecular weight is 524 g/mol. The lowest BCUT2D eigenvalue weighted by Crippen LogP contribution is -2.10. The topological polar surface area (TPSA) is 264 Å². The van der Waals surface area contributed by atoms with E-state index in [1.807, 2.05) is 0 Å². The molecule has 200 valence electrons. The first-order chi connectivity index (χ1) is 17.3. The van der Waals surface area contributed by atoms with E-state index in [1.54, 1.807) is 0 Å². The molecule has 14 nitrogen and oxygen atoms in total. The average Bonchev–Trinajstić information content (AvgIpc) is 2.84. The summed E-state index contributed by atoms with van der Waals surface area (Å²) >= 11 is 0. The summed E-state index contributed by atoms with van der Waals surface area (Å²) in [4.78, 5) is 63.5. The lowest BCUT2D eigenvalue weighted by molar-refractivity contribution is 0.0648. The first kappa shape index (κ1) is 32.2. The van der Waals surface area contributed by atoms with Gasteiger partial charge < -0.3 is 40.9 Å². The summed E-state index contributed by atoms with van der Waals surface area (Å²) in [6, 6.07) is 5.61. The molecule has 0 aromatic heterocycles. The molecule has 0 unspecified atom stereocenters. The Morgan fingerprint density at radius 1 is 0.432 bits per heavy atom. The lowest BCUT2D eigenvalue weighted by Gasteiger charge is -2.02. The molecule has 14 heteroatoms. The Bertz CT molecular complexity index is 1060. The third-order valence-electron chi connectivity index (χ3n) is 4.27. The second-order valence-corrected chi connectivity index (χ2v) is 6.86. The van der Waals surface area contributed by atoms with Crippen LogP contribution in [0.2, 0.25) is 0 Å². The van der Waals surface area contributed by atoms with Gasteiger partial charge >= 0.3 is 35.8 Å². The normalized spacial score (nSPS) is 9.57. The van der Waals surface area contributed by atoms with Crippen LogP contribution in [-0.4, -0.2) is 89.9 Å². The van der Waals surface area contributed by atoms with E-state index < -0.39 is 58.1 Å². The van der Waals surface area contributed by atoms with Crippen molar-refractivity contribution in [2.75, 3.05) is 13.2 Å². The molecule has 2 aromatic carbocycles.